The molecule has 2 atom stereocenters. The summed E-state index contributed by atoms with van der Waals surface area (Å²) in [6.07, 6.45) is 3.56. The van der Waals surface area contributed by atoms with Crippen LogP contribution in [0.1, 0.15) is 30.7 Å². The zero-order chi connectivity index (χ0) is 10.1. The minimum Gasteiger partial charge on any atom is -0.328 e. The van der Waals surface area contributed by atoms with Crippen molar-refractivity contribution >= 4 is 38.5 Å². The van der Waals surface area contributed by atoms with Gasteiger partial charge in [-0.1, -0.05) is 6.07 Å². The third kappa shape index (κ3) is 2.31. The molecule has 0 radical (unpaired) electrons. The van der Waals surface area contributed by atoms with Crippen LogP contribution < -0.4 is 5.73 Å². The Morgan fingerprint density at radius 3 is 2.71 bits per heavy atom. The Labute approximate surface area is 107 Å². The summed E-state index contributed by atoms with van der Waals surface area (Å²) in [5.74, 6) is 0.679. The first-order chi connectivity index (χ1) is 6.66. The molecule has 3 heteroatoms. The van der Waals surface area contributed by atoms with Crippen LogP contribution in [-0.4, -0.2) is 6.04 Å². The third-order valence-electron chi connectivity index (χ3n) is 2.89. The molecule has 0 bridgehead atoms. The van der Waals surface area contributed by atoms with Gasteiger partial charge in [0.2, 0.25) is 0 Å². The molecule has 0 spiro atoms. The van der Waals surface area contributed by atoms with Crippen LogP contribution in [0.4, 0.5) is 0 Å². The smallest absolute Gasteiger partial charge is 0.0311 e. The lowest BCUT2D eigenvalue weighted by molar-refractivity contribution is 0.674. The molecule has 14 heavy (non-hydrogen) atoms. The minimum absolute atomic E-state index is 0.415. The van der Waals surface area contributed by atoms with Crippen LogP contribution in [0.2, 0.25) is 0 Å². The molecule has 0 aromatic heterocycles. The number of benzene rings is 1. The fourth-order valence-electron chi connectivity index (χ4n) is 2.09. The van der Waals surface area contributed by atoms with Crippen molar-refractivity contribution in [2.45, 2.75) is 31.2 Å². The fraction of sp³-hybridized carbons (Fsp3) is 0.455. The van der Waals surface area contributed by atoms with E-state index in [9.17, 15) is 0 Å². The van der Waals surface area contributed by atoms with E-state index in [0.717, 1.165) is 6.42 Å². The summed E-state index contributed by atoms with van der Waals surface area (Å²) in [6.45, 7) is 0. The standard InChI is InChI=1S/C11H13BrIN/c12-10-6-8(2-4-11(10)13)7-1-3-9(14)5-7/h2,4,6-7,9H,1,3,5,14H2. The van der Waals surface area contributed by atoms with Crippen LogP contribution in [0.5, 0.6) is 0 Å². The Bertz CT molecular complexity index is 340. The summed E-state index contributed by atoms with van der Waals surface area (Å²) in [6, 6.07) is 7.06. The van der Waals surface area contributed by atoms with Gasteiger partial charge in [0, 0.05) is 14.1 Å². The van der Waals surface area contributed by atoms with Crippen molar-refractivity contribution < 1.29 is 0 Å². The number of hydrogen-bond acceptors (Lipinski definition) is 1. The van der Waals surface area contributed by atoms with Crippen molar-refractivity contribution in [2.24, 2.45) is 5.73 Å². The second kappa shape index (κ2) is 4.49. The highest BCUT2D eigenvalue weighted by Gasteiger charge is 2.23. The SMILES string of the molecule is NC1CCC(c2ccc(I)c(Br)c2)C1. The lowest BCUT2D eigenvalue weighted by Gasteiger charge is -2.10. The highest BCUT2D eigenvalue weighted by molar-refractivity contribution is 14.1. The van der Waals surface area contributed by atoms with Crippen molar-refractivity contribution in [1.29, 1.82) is 0 Å². The second-order valence-corrected chi connectivity index (χ2v) is 5.96. The largest absolute Gasteiger partial charge is 0.328 e. The Kier molecular flexibility index (Phi) is 3.50. The predicted molar refractivity (Wildman–Crippen MR) is 71.4 cm³/mol. The lowest BCUT2D eigenvalue weighted by atomic mass is 9.98. The molecule has 2 rings (SSSR count). The molecule has 1 nitrogen and oxygen atoms in total. The maximum absolute atomic E-state index is 5.92. The number of rotatable bonds is 1. The maximum Gasteiger partial charge on any atom is 0.0311 e. The Hall–Kier alpha value is 0.390. The van der Waals surface area contributed by atoms with Gasteiger partial charge in [-0.2, -0.15) is 0 Å². The summed E-state index contributed by atoms with van der Waals surface area (Å²) >= 11 is 5.91. The van der Waals surface area contributed by atoms with Gasteiger partial charge in [0.1, 0.15) is 0 Å². The number of halogens is 2. The molecule has 0 aliphatic heterocycles. The summed E-state index contributed by atoms with van der Waals surface area (Å²) in [5, 5.41) is 0. The van der Waals surface area contributed by atoms with E-state index in [0.29, 0.717) is 12.0 Å². The molecular weight excluding hydrogens is 353 g/mol. The zero-order valence-corrected chi connectivity index (χ0v) is 11.6. The van der Waals surface area contributed by atoms with Crippen LogP contribution in [0, 0.1) is 3.57 Å². The van der Waals surface area contributed by atoms with E-state index in [1.165, 1.54) is 26.4 Å². The first kappa shape index (κ1) is 10.9. The normalized spacial score (nSPS) is 26.8. The molecule has 1 aliphatic rings. The molecule has 0 heterocycles. The molecular formula is C11H13BrIN. The second-order valence-electron chi connectivity index (χ2n) is 3.94. The van der Waals surface area contributed by atoms with Crippen LogP contribution in [0.15, 0.2) is 22.7 Å². The Morgan fingerprint density at radius 2 is 2.14 bits per heavy atom. The average Bonchev–Trinajstić information content (AvgIpc) is 2.57. The van der Waals surface area contributed by atoms with Gasteiger partial charge < -0.3 is 5.73 Å². The van der Waals surface area contributed by atoms with Gasteiger partial charge in [-0.25, -0.2) is 0 Å². The van der Waals surface area contributed by atoms with Crippen molar-refractivity contribution in [2.75, 3.05) is 0 Å². The molecule has 1 aromatic carbocycles. The quantitative estimate of drug-likeness (QED) is 0.755. The molecule has 1 aliphatic carbocycles. The molecule has 1 aromatic rings. The van der Waals surface area contributed by atoms with Crippen molar-refractivity contribution in [3.05, 3.63) is 31.8 Å². The van der Waals surface area contributed by atoms with Gasteiger partial charge in [0.15, 0.2) is 0 Å². The minimum atomic E-state index is 0.415. The number of nitrogens with two attached hydrogens (primary N) is 1. The molecule has 2 N–H and O–H groups in total. The Balaban J connectivity index is 2.20. The van der Waals surface area contributed by atoms with Gasteiger partial charge in [-0.3, -0.25) is 0 Å². The zero-order valence-electron chi connectivity index (χ0n) is 7.84. The van der Waals surface area contributed by atoms with Crippen molar-refractivity contribution in [3.8, 4) is 0 Å². The first-order valence-corrected chi connectivity index (χ1v) is 6.74. The first-order valence-electron chi connectivity index (χ1n) is 4.87. The van der Waals surface area contributed by atoms with E-state index >= 15 is 0 Å². The van der Waals surface area contributed by atoms with E-state index in [1.807, 2.05) is 0 Å². The van der Waals surface area contributed by atoms with Crippen molar-refractivity contribution in [1.82, 2.24) is 0 Å². The van der Waals surface area contributed by atoms with Crippen LogP contribution in [0.25, 0.3) is 0 Å². The van der Waals surface area contributed by atoms with E-state index in [-0.39, 0.29) is 0 Å². The lowest BCUT2D eigenvalue weighted by Crippen LogP contribution is -2.14. The van der Waals surface area contributed by atoms with E-state index in [2.05, 4.69) is 56.7 Å². The van der Waals surface area contributed by atoms with Crippen LogP contribution in [-0.2, 0) is 0 Å². The molecule has 0 saturated heterocycles. The molecule has 76 valence electrons. The molecule has 2 unspecified atom stereocenters. The topological polar surface area (TPSA) is 26.0 Å². The third-order valence-corrected chi connectivity index (χ3v) is 5.23. The molecule has 0 amide bonds. The predicted octanol–water partition coefficient (Wildman–Crippen LogP) is 3.65. The van der Waals surface area contributed by atoms with Crippen LogP contribution in [0.3, 0.4) is 0 Å². The maximum atomic E-state index is 5.92. The van der Waals surface area contributed by atoms with Crippen molar-refractivity contribution in [3.63, 3.8) is 0 Å². The monoisotopic (exact) mass is 365 g/mol. The van der Waals surface area contributed by atoms with Gasteiger partial charge >= 0.3 is 0 Å². The number of hydrogen-bond donors (Lipinski definition) is 1. The highest BCUT2D eigenvalue weighted by Crippen LogP contribution is 2.35. The molecule has 1 saturated carbocycles. The highest BCUT2D eigenvalue weighted by atomic mass is 127. The fourth-order valence-corrected chi connectivity index (χ4v) is 2.82. The van der Waals surface area contributed by atoms with Gasteiger partial charge in [0.25, 0.3) is 0 Å². The average molecular weight is 366 g/mol. The van der Waals surface area contributed by atoms with E-state index in [4.69, 9.17) is 5.73 Å². The van der Waals surface area contributed by atoms with E-state index < -0.39 is 0 Å². The molecule has 1 fully saturated rings. The van der Waals surface area contributed by atoms with Gasteiger partial charge in [0.05, 0.1) is 0 Å². The summed E-state index contributed by atoms with van der Waals surface area (Å²) in [5.41, 5.74) is 7.35. The Morgan fingerprint density at radius 1 is 1.36 bits per heavy atom. The van der Waals surface area contributed by atoms with Gasteiger partial charge in [-0.05, 0) is 81.4 Å². The summed E-state index contributed by atoms with van der Waals surface area (Å²) in [7, 11) is 0. The summed E-state index contributed by atoms with van der Waals surface area (Å²) in [4.78, 5) is 0. The summed E-state index contributed by atoms with van der Waals surface area (Å²) < 4.78 is 2.48. The van der Waals surface area contributed by atoms with Crippen LogP contribution >= 0.6 is 38.5 Å². The van der Waals surface area contributed by atoms with Gasteiger partial charge in [-0.15, -0.1) is 0 Å². The van der Waals surface area contributed by atoms with E-state index in [1.54, 1.807) is 0 Å².